The van der Waals surface area contributed by atoms with Gasteiger partial charge >= 0.3 is 0 Å². The maximum Gasteiger partial charge on any atom is 0.156 e. The molecule has 0 spiro atoms. The van der Waals surface area contributed by atoms with Crippen LogP contribution in [0.25, 0.3) is 69.3 Å². The highest BCUT2D eigenvalue weighted by atomic mass is 32.1. The van der Waals surface area contributed by atoms with E-state index < -0.39 is 0 Å². The molecule has 8 rings (SSSR count). The number of fused-ring (bicyclic) bond motifs is 12. The van der Waals surface area contributed by atoms with Crippen molar-refractivity contribution in [2.45, 2.75) is 0 Å². The average Bonchev–Trinajstić information content (AvgIpc) is 3.46. The number of aromatic nitrogens is 3. The summed E-state index contributed by atoms with van der Waals surface area (Å²) in [4.78, 5) is 9.21. The van der Waals surface area contributed by atoms with Gasteiger partial charge in [-0.1, -0.05) is 78.9 Å². The van der Waals surface area contributed by atoms with E-state index in [2.05, 4.69) is 94.5 Å². The maximum atomic E-state index is 4.77. The second-order valence-electron chi connectivity index (χ2n) is 8.65. The molecule has 158 valence electrons. The largest absolute Gasteiger partial charge is 0.290 e. The number of hydrogen-bond donors (Lipinski definition) is 0. The van der Waals surface area contributed by atoms with Crippen molar-refractivity contribution in [3.05, 3.63) is 104 Å². The van der Waals surface area contributed by atoms with Crippen LogP contribution < -0.4 is 0 Å². The fourth-order valence-electron chi connectivity index (χ4n) is 5.57. The van der Waals surface area contributed by atoms with E-state index in [0.717, 1.165) is 5.82 Å². The van der Waals surface area contributed by atoms with Gasteiger partial charge in [0.15, 0.2) is 5.82 Å². The summed E-state index contributed by atoms with van der Waals surface area (Å²) in [7, 11) is 0. The van der Waals surface area contributed by atoms with Crippen molar-refractivity contribution in [3.63, 3.8) is 0 Å². The average molecular weight is 452 g/mol. The Kier molecular flexibility index (Phi) is 3.54. The minimum absolute atomic E-state index is 0.841. The molecular formula is C30H17N3S. The summed E-state index contributed by atoms with van der Waals surface area (Å²) in [6, 6.07) is 30.7. The van der Waals surface area contributed by atoms with Gasteiger partial charge in [-0.05, 0) is 22.2 Å². The molecule has 0 bridgehead atoms. The number of hydrogen-bond acceptors (Lipinski definition) is 3. The highest BCUT2D eigenvalue weighted by molar-refractivity contribution is 7.27. The van der Waals surface area contributed by atoms with Crippen molar-refractivity contribution >= 4 is 74.9 Å². The predicted molar refractivity (Wildman–Crippen MR) is 144 cm³/mol. The van der Waals surface area contributed by atoms with Gasteiger partial charge in [-0.2, -0.15) is 0 Å². The zero-order chi connectivity index (χ0) is 22.2. The van der Waals surface area contributed by atoms with Crippen LogP contribution in [-0.2, 0) is 0 Å². The Morgan fingerprint density at radius 3 is 2.15 bits per heavy atom. The lowest BCUT2D eigenvalue weighted by Crippen LogP contribution is -1.98. The number of nitrogens with zero attached hydrogens (tertiary/aromatic N) is 3. The molecule has 3 nitrogen and oxygen atoms in total. The summed E-state index contributed by atoms with van der Waals surface area (Å²) in [5.41, 5.74) is 2.39. The van der Waals surface area contributed by atoms with Gasteiger partial charge in [0.1, 0.15) is 0 Å². The zero-order valence-corrected chi connectivity index (χ0v) is 18.9. The monoisotopic (exact) mass is 451 g/mol. The highest BCUT2D eigenvalue weighted by Crippen LogP contribution is 2.48. The van der Waals surface area contributed by atoms with Crippen LogP contribution in [0.3, 0.4) is 0 Å². The summed E-state index contributed by atoms with van der Waals surface area (Å²) in [5.74, 6) is 0.841. The van der Waals surface area contributed by atoms with Crippen LogP contribution in [0.4, 0.5) is 0 Å². The molecule has 0 radical (unpaired) electrons. The number of benzene rings is 5. The SMILES string of the molecule is c1ccc2c(c1)ccc1c3c4ccccc4c4c5ccccc5sc4c3n(-c3cnccn3)c21. The van der Waals surface area contributed by atoms with Crippen molar-refractivity contribution in [1.29, 1.82) is 0 Å². The first-order valence-electron chi connectivity index (χ1n) is 11.3. The highest BCUT2D eigenvalue weighted by Gasteiger charge is 2.23. The van der Waals surface area contributed by atoms with Crippen LogP contribution in [0.1, 0.15) is 0 Å². The molecule has 0 aliphatic rings. The van der Waals surface area contributed by atoms with E-state index in [4.69, 9.17) is 4.98 Å². The van der Waals surface area contributed by atoms with Crippen molar-refractivity contribution in [2.75, 3.05) is 0 Å². The first kappa shape index (κ1) is 18.2. The molecule has 0 fully saturated rings. The van der Waals surface area contributed by atoms with Crippen molar-refractivity contribution in [1.82, 2.24) is 14.5 Å². The Balaban J connectivity index is 1.79. The van der Waals surface area contributed by atoms with Gasteiger partial charge in [-0.3, -0.25) is 9.55 Å². The van der Waals surface area contributed by atoms with E-state index in [1.165, 1.54) is 63.5 Å². The van der Waals surface area contributed by atoms with Gasteiger partial charge in [0, 0.05) is 44.0 Å². The van der Waals surface area contributed by atoms with Gasteiger partial charge in [0.05, 0.1) is 21.9 Å². The fraction of sp³-hybridized carbons (Fsp3) is 0. The van der Waals surface area contributed by atoms with Gasteiger partial charge in [-0.15, -0.1) is 11.3 Å². The Labute approximate surface area is 198 Å². The van der Waals surface area contributed by atoms with Crippen LogP contribution in [0.5, 0.6) is 0 Å². The van der Waals surface area contributed by atoms with Crippen LogP contribution in [0.2, 0.25) is 0 Å². The van der Waals surface area contributed by atoms with Crippen LogP contribution >= 0.6 is 11.3 Å². The van der Waals surface area contributed by atoms with Gasteiger partial charge in [-0.25, -0.2) is 4.98 Å². The summed E-state index contributed by atoms with van der Waals surface area (Å²) in [6.45, 7) is 0. The summed E-state index contributed by atoms with van der Waals surface area (Å²) >= 11 is 1.87. The summed E-state index contributed by atoms with van der Waals surface area (Å²) < 4.78 is 4.93. The summed E-state index contributed by atoms with van der Waals surface area (Å²) in [5, 5.41) is 10.2. The first-order chi connectivity index (χ1) is 16.9. The fourth-order valence-corrected chi connectivity index (χ4v) is 6.83. The molecule has 0 unspecified atom stereocenters. The lowest BCUT2D eigenvalue weighted by molar-refractivity contribution is 1.05. The van der Waals surface area contributed by atoms with Gasteiger partial charge < -0.3 is 0 Å². The molecule has 0 aliphatic carbocycles. The van der Waals surface area contributed by atoms with Gasteiger partial charge in [0.2, 0.25) is 0 Å². The molecule has 3 aromatic heterocycles. The Morgan fingerprint density at radius 2 is 1.32 bits per heavy atom. The molecule has 34 heavy (non-hydrogen) atoms. The van der Waals surface area contributed by atoms with E-state index in [9.17, 15) is 0 Å². The normalized spacial score (nSPS) is 12.1. The topological polar surface area (TPSA) is 30.7 Å². The number of thiophene rings is 1. The van der Waals surface area contributed by atoms with Crippen LogP contribution in [-0.4, -0.2) is 14.5 Å². The Morgan fingerprint density at radius 1 is 0.588 bits per heavy atom. The van der Waals surface area contributed by atoms with E-state index in [1.807, 2.05) is 17.5 Å². The van der Waals surface area contributed by atoms with E-state index in [0.29, 0.717) is 0 Å². The lowest BCUT2D eigenvalue weighted by atomic mass is 9.98. The minimum Gasteiger partial charge on any atom is -0.290 e. The van der Waals surface area contributed by atoms with Crippen molar-refractivity contribution in [2.24, 2.45) is 0 Å². The number of rotatable bonds is 1. The van der Waals surface area contributed by atoms with Crippen LogP contribution in [0.15, 0.2) is 104 Å². The second-order valence-corrected chi connectivity index (χ2v) is 9.71. The third-order valence-corrected chi connectivity index (χ3v) is 8.09. The molecule has 0 amide bonds. The molecule has 0 saturated heterocycles. The molecule has 0 N–H and O–H groups in total. The molecule has 0 aliphatic heterocycles. The molecule has 5 aromatic carbocycles. The molecule has 8 aromatic rings. The molecule has 3 heterocycles. The third kappa shape index (κ3) is 2.25. The molecular weight excluding hydrogens is 434 g/mol. The zero-order valence-electron chi connectivity index (χ0n) is 18.1. The van der Waals surface area contributed by atoms with Gasteiger partial charge in [0.25, 0.3) is 0 Å². The third-order valence-electron chi connectivity index (χ3n) is 6.91. The summed E-state index contributed by atoms with van der Waals surface area (Å²) in [6.07, 6.45) is 5.39. The van der Waals surface area contributed by atoms with Crippen molar-refractivity contribution < 1.29 is 0 Å². The molecule has 4 heteroatoms. The molecule has 0 atom stereocenters. The maximum absolute atomic E-state index is 4.77. The Bertz CT molecular complexity index is 2070. The van der Waals surface area contributed by atoms with Crippen LogP contribution in [0, 0.1) is 0 Å². The van der Waals surface area contributed by atoms with Crippen molar-refractivity contribution in [3.8, 4) is 5.82 Å². The molecule has 0 saturated carbocycles. The lowest BCUT2D eigenvalue weighted by Gasteiger charge is -2.09. The standard InChI is InChI=1S/C30H17N3S/c1-2-8-19-18(7-1)13-14-23-26-20-9-3-4-10-21(20)27-22-11-5-6-12-24(22)34-30(27)29(26)33(28(19)23)25-17-31-15-16-32-25/h1-17H. The predicted octanol–water partition coefficient (Wildman–Crippen LogP) is 8.25. The van der Waals surface area contributed by atoms with E-state index >= 15 is 0 Å². The first-order valence-corrected chi connectivity index (χ1v) is 12.2. The smallest absolute Gasteiger partial charge is 0.156 e. The second kappa shape index (κ2) is 6.62. The minimum atomic E-state index is 0.841. The van der Waals surface area contributed by atoms with E-state index in [-0.39, 0.29) is 0 Å². The van der Waals surface area contributed by atoms with E-state index in [1.54, 1.807) is 12.4 Å². The Hall–Kier alpha value is -4.28. The quantitative estimate of drug-likeness (QED) is 0.251.